The Morgan fingerprint density at radius 1 is 1.35 bits per heavy atom. The first-order valence-electron chi connectivity index (χ1n) is 7.11. The van der Waals surface area contributed by atoms with Crippen molar-refractivity contribution in [1.82, 2.24) is 0 Å². The van der Waals surface area contributed by atoms with Crippen molar-refractivity contribution < 1.29 is 19.4 Å². The lowest BCUT2D eigenvalue weighted by atomic mass is 10.1. The Morgan fingerprint density at radius 2 is 2.05 bits per heavy atom. The summed E-state index contributed by atoms with van der Waals surface area (Å²) in [6, 6.07) is 5.47. The molecule has 0 fully saturated rings. The molecule has 20 heavy (non-hydrogen) atoms. The van der Waals surface area contributed by atoms with Gasteiger partial charge in [0.05, 0.1) is 12.7 Å². The smallest absolute Gasteiger partial charge is 0.347 e. The summed E-state index contributed by atoms with van der Waals surface area (Å²) in [5.74, 6) is 0.328. The highest BCUT2D eigenvalue weighted by atomic mass is 16.6. The van der Waals surface area contributed by atoms with E-state index >= 15 is 0 Å². The van der Waals surface area contributed by atoms with Crippen LogP contribution >= 0.6 is 0 Å². The van der Waals surface area contributed by atoms with Crippen molar-refractivity contribution in [2.24, 2.45) is 0 Å². The van der Waals surface area contributed by atoms with Gasteiger partial charge in [0.2, 0.25) is 0 Å². The molecule has 0 spiro atoms. The van der Waals surface area contributed by atoms with Gasteiger partial charge in [-0.05, 0) is 50.5 Å². The molecule has 1 rings (SSSR count). The fourth-order valence-electron chi connectivity index (χ4n) is 1.94. The SMILES string of the molecule is CCCC(Oc1ccc([C@@H](C)O)cc1C)C(=O)OCC. The van der Waals surface area contributed by atoms with Crippen LogP contribution in [-0.2, 0) is 9.53 Å². The zero-order valence-corrected chi connectivity index (χ0v) is 12.7. The minimum atomic E-state index is -0.573. The first-order valence-corrected chi connectivity index (χ1v) is 7.11. The maximum atomic E-state index is 11.8. The third kappa shape index (κ3) is 4.53. The molecule has 0 aliphatic carbocycles. The summed E-state index contributed by atoms with van der Waals surface area (Å²) in [6.07, 6.45) is 0.375. The molecular formula is C16H24O4. The molecule has 0 aliphatic rings. The molecule has 0 aliphatic heterocycles. The van der Waals surface area contributed by atoms with Crippen LogP contribution in [0.2, 0.25) is 0 Å². The van der Waals surface area contributed by atoms with E-state index in [1.54, 1.807) is 26.0 Å². The van der Waals surface area contributed by atoms with Crippen molar-refractivity contribution in [3.05, 3.63) is 29.3 Å². The van der Waals surface area contributed by atoms with Gasteiger partial charge in [-0.2, -0.15) is 0 Å². The molecule has 0 amide bonds. The van der Waals surface area contributed by atoms with Gasteiger partial charge < -0.3 is 14.6 Å². The van der Waals surface area contributed by atoms with Crippen LogP contribution in [0.5, 0.6) is 5.75 Å². The average molecular weight is 280 g/mol. The Morgan fingerprint density at radius 3 is 2.55 bits per heavy atom. The van der Waals surface area contributed by atoms with Crippen LogP contribution in [0.3, 0.4) is 0 Å². The Labute approximate surface area is 120 Å². The largest absolute Gasteiger partial charge is 0.478 e. The first-order chi connectivity index (χ1) is 9.49. The van der Waals surface area contributed by atoms with E-state index in [1.807, 2.05) is 19.9 Å². The van der Waals surface area contributed by atoms with Crippen molar-refractivity contribution in [3.8, 4) is 5.75 Å². The van der Waals surface area contributed by atoms with Crippen molar-refractivity contribution in [2.75, 3.05) is 6.61 Å². The van der Waals surface area contributed by atoms with Crippen LogP contribution in [0, 0.1) is 6.92 Å². The van der Waals surface area contributed by atoms with E-state index in [2.05, 4.69) is 0 Å². The fraction of sp³-hybridized carbons (Fsp3) is 0.562. The van der Waals surface area contributed by atoms with Crippen LogP contribution in [0.1, 0.15) is 50.8 Å². The van der Waals surface area contributed by atoms with Gasteiger partial charge in [0.25, 0.3) is 0 Å². The van der Waals surface area contributed by atoms with E-state index < -0.39 is 12.2 Å². The summed E-state index contributed by atoms with van der Waals surface area (Å²) in [4.78, 5) is 11.8. The molecule has 2 atom stereocenters. The summed E-state index contributed by atoms with van der Waals surface area (Å²) in [5, 5.41) is 9.55. The predicted molar refractivity (Wildman–Crippen MR) is 77.8 cm³/mol. The van der Waals surface area contributed by atoms with Gasteiger partial charge >= 0.3 is 5.97 Å². The number of hydrogen-bond acceptors (Lipinski definition) is 4. The number of rotatable bonds is 7. The maximum absolute atomic E-state index is 11.8. The number of hydrogen-bond donors (Lipinski definition) is 1. The molecule has 112 valence electrons. The number of aliphatic hydroxyl groups excluding tert-OH is 1. The molecule has 1 unspecified atom stereocenters. The van der Waals surface area contributed by atoms with Gasteiger partial charge in [0.15, 0.2) is 6.10 Å². The number of aliphatic hydroxyl groups is 1. The monoisotopic (exact) mass is 280 g/mol. The first kappa shape index (κ1) is 16.5. The number of benzene rings is 1. The maximum Gasteiger partial charge on any atom is 0.347 e. The van der Waals surface area contributed by atoms with E-state index in [9.17, 15) is 9.90 Å². The van der Waals surface area contributed by atoms with Gasteiger partial charge in [-0.15, -0.1) is 0 Å². The summed E-state index contributed by atoms with van der Waals surface area (Å²) in [5.41, 5.74) is 1.73. The van der Waals surface area contributed by atoms with Gasteiger partial charge in [0, 0.05) is 0 Å². The number of carbonyl (C=O) groups excluding carboxylic acids is 1. The lowest BCUT2D eigenvalue weighted by molar-refractivity contribution is -0.151. The standard InChI is InChI=1S/C16H24O4/c1-5-7-15(16(18)19-6-2)20-14-9-8-13(12(4)17)10-11(14)3/h8-10,12,15,17H,5-7H2,1-4H3/t12-,15?/m1/s1. The van der Waals surface area contributed by atoms with Crippen LogP contribution in [0.25, 0.3) is 0 Å². The molecule has 0 aromatic heterocycles. The summed E-state index contributed by atoms with van der Waals surface area (Å²) in [6.45, 7) is 7.74. The van der Waals surface area contributed by atoms with E-state index in [-0.39, 0.29) is 5.97 Å². The highest BCUT2D eigenvalue weighted by Crippen LogP contribution is 2.24. The second kappa shape index (κ2) is 7.90. The van der Waals surface area contributed by atoms with Crippen LogP contribution in [0.15, 0.2) is 18.2 Å². The molecule has 1 aromatic carbocycles. The Bertz CT molecular complexity index is 440. The highest BCUT2D eigenvalue weighted by molar-refractivity contribution is 5.75. The van der Waals surface area contributed by atoms with Gasteiger partial charge in [-0.25, -0.2) is 4.79 Å². The number of ether oxygens (including phenoxy) is 2. The lowest BCUT2D eigenvalue weighted by Crippen LogP contribution is -2.29. The minimum Gasteiger partial charge on any atom is -0.478 e. The summed E-state index contributed by atoms with van der Waals surface area (Å²) < 4.78 is 10.8. The normalized spacial score (nSPS) is 13.7. The summed E-state index contributed by atoms with van der Waals surface area (Å²) >= 11 is 0. The zero-order valence-electron chi connectivity index (χ0n) is 12.7. The van der Waals surface area contributed by atoms with E-state index in [0.29, 0.717) is 18.8 Å². The number of esters is 1. The second-order valence-corrected chi connectivity index (χ2v) is 4.85. The van der Waals surface area contributed by atoms with Crippen LogP contribution in [-0.4, -0.2) is 23.8 Å². The van der Waals surface area contributed by atoms with E-state index in [4.69, 9.17) is 9.47 Å². The third-order valence-corrected chi connectivity index (χ3v) is 3.05. The molecule has 1 N–H and O–H groups in total. The molecule has 0 saturated carbocycles. The molecule has 0 bridgehead atoms. The third-order valence-electron chi connectivity index (χ3n) is 3.05. The van der Waals surface area contributed by atoms with E-state index in [0.717, 1.165) is 17.5 Å². The average Bonchev–Trinajstić information content (AvgIpc) is 2.40. The lowest BCUT2D eigenvalue weighted by Gasteiger charge is -2.19. The predicted octanol–water partition coefficient (Wildman–Crippen LogP) is 3.16. The van der Waals surface area contributed by atoms with Crippen molar-refractivity contribution in [3.63, 3.8) is 0 Å². The molecule has 4 heteroatoms. The number of aryl methyl sites for hydroxylation is 1. The minimum absolute atomic E-state index is 0.326. The summed E-state index contributed by atoms with van der Waals surface area (Å²) in [7, 11) is 0. The Balaban J connectivity index is 2.85. The Hall–Kier alpha value is -1.55. The molecule has 0 radical (unpaired) electrons. The van der Waals surface area contributed by atoms with Crippen molar-refractivity contribution in [1.29, 1.82) is 0 Å². The second-order valence-electron chi connectivity index (χ2n) is 4.85. The molecule has 1 aromatic rings. The molecular weight excluding hydrogens is 256 g/mol. The quantitative estimate of drug-likeness (QED) is 0.779. The molecule has 0 saturated heterocycles. The van der Waals surface area contributed by atoms with Crippen molar-refractivity contribution >= 4 is 5.97 Å². The van der Waals surface area contributed by atoms with Gasteiger partial charge in [-0.1, -0.05) is 19.4 Å². The van der Waals surface area contributed by atoms with Gasteiger partial charge in [0.1, 0.15) is 5.75 Å². The Kier molecular flexibility index (Phi) is 6.52. The topological polar surface area (TPSA) is 55.8 Å². The van der Waals surface area contributed by atoms with Crippen LogP contribution < -0.4 is 4.74 Å². The van der Waals surface area contributed by atoms with Crippen LogP contribution in [0.4, 0.5) is 0 Å². The molecule has 0 heterocycles. The fourth-order valence-corrected chi connectivity index (χ4v) is 1.94. The van der Waals surface area contributed by atoms with Crippen molar-refractivity contribution in [2.45, 2.75) is 52.7 Å². The number of carbonyl (C=O) groups is 1. The zero-order chi connectivity index (χ0) is 15.1. The molecule has 4 nitrogen and oxygen atoms in total. The highest BCUT2D eigenvalue weighted by Gasteiger charge is 2.21. The van der Waals surface area contributed by atoms with Gasteiger partial charge in [-0.3, -0.25) is 0 Å². The van der Waals surface area contributed by atoms with E-state index in [1.165, 1.54) is 0 Å².